The van der Waals surface area contributed by atoms with E-state index < -0.39 is 15.0 Å². The monoisotopic (exact) mass is 541 g/mol. The Morgan fingerprint density at radius 3 is 2.29 bits per heavy atom. The van der Waals surface area contributed by atoms with Crippen LogP contribution in [0, 0.1) is 6.92 Å². The Morgan fingerprint density at radius 1 is 1.03 bits per heavy atom. The molecule has 2 aliphatic heterocycles. The van der Waals surface area contributed by atoms with Gasteiger partial charge in [0.1, 0.15) is 0 Å². The number of benzene rings is 3. The van der Waals surface area contributed by atoms with Crippen molar-refractivity contribution in [3.05, 3.63) is 143 Å². The molecule has 5 rings (SSSR count). The second kappa shape index (κ2) is 11.4. The zero-order valence-electron chi connectivity index (χ0n) is 21.5. The summed E-state index contributed by atoms with van der Waals surface area (Å²) in [6.45, 7) is 10.3. The summed E-state index contributed by atoms with van der Waals surface area (Å²) in [7, 11) is -3.25. The Balaban J connectivity index is 0.000000219. The molecule has 0 radical (unpaired) electrons. The van der Waals surface area contributed by atoms with Crippen LogP contribution in [0.25, 0.3) is 6.08 Å². The van der Waals surface area contributed by atoms with Gasteiger partial charge >= 0.3 is 0 Å². The van der Waals surface area contributed by atoms with Crippen molar-refractivity contribution < 1.29 is 13.2 Å². The summed E-state index contributed by atoms with van der Waals surface area (Å²) in [5.74, 6) is 0.429. The first kappa shape index (κ1) is 27.4. The van der Waals surface area contributed by atoms with E-state index in [1.807, 2.05) is 6.08 Å². The fourth-order valence-corrected chi connectivity index (χ4v) is 5.65. The summed E-state index contributed by atoms with van der Waals surface area (Å²) in [4.78, 5) is 13.3. The summed E-state index contributed by atoms with van der Waals surface area (Å²) in [6, 6.07) is 23.8. The third kappa shape index (κ3) is 6.09. The maximum atomic E-state index is 11.1. The molecule has 0 spiro atoms. The van der Waals surface area contributed by atoms with E-state index in [1.165, 1.54) is 46.7 Å². The number of carbonyl (C=O) groups is 1. The summed E-state index contributed by atoms with van der Waals surface area (Å²) in [5, 5.41) is -0.439. The van der Waals surface area contributed by atoms with Crippen molar-refractivity contribution >= 4 is 33.7 Å². The standard InChI is InChI=1S/C24H23N.C8H8O3S2/c1-4-19-10-14-21(15-11-19)24-23(20-12-8-17(2)9-13-20)16-22-7-5-6-18(3)25(22)24;1-13(10,11)7-4-2-3-6(5-7)8(9)12/h4-15,23-24H,1,3,16H2,2H3;2-5H,1H3,(H,9,12)/t23-,24+;/m1./s1. The molecular weight excluding hydrogens is 510 g/mol. The summed E-state index contributed by atoms with van der Waals surface area (Å²) in [6.07, 6.45) is 10.5. The zero-order chi connectivity index (χ0) is 27.4. The highest BCUT2D eigenvalue weighted by Crippen LogP contribution is 2.51. The molecule has 0 aromatic heterocycles. The highest BCUT2D eigenvalue weighted by molar-refractivity contribution is 7.97. The lowest BCUT2D eigenvalue weighted by atomic mass is 9.86. The topological polar surface area (TPSA) is 54.5 Å². The number of hydrogen-bond acceptors (Lipinski definition) is 4. The van der Waals surface area contributed by atoms with E-state index in [0.717, 1.165) is 23.9 Å². The first-order valence-corrected chi connectivity index (χ1v) is 14.6. The molecule has 3 aromatic carbocycles. The number of hydrogen-bond donors (Lipinski definition) is 1. The number of rotatable bonds is 5. The van der Waals surface area contributed by atoms with E-state index in [-0.39, 0.29) is 16.5 Å². The van der Waals surface area contributed by atoms with Crippen LogP contribution >= 0.6 is 12.6 Å². The molecule has 4 nitrogen and oxygen atoms in total. The number of allylic oxidation sites excluding steroid dienone is 4. The van der Waals surface area contributed by atoms with Gasteiger partial charge in [0.25, 0.3) is 0 Å². The van der Waals surface area contributed by atoms with Crippen LogP contribution in [0.5, 0.6) is 0 Å². The van der Waals surface area contributed by atoms with Crippen molar-refractivity contribution in [2.24, 2.45) is 0 Å². The first-order chi connectivity index (χ1) is 18.1. The molecule has 0 unspecified atom stereocenters. The fraction of sp³-hybridized carbons (Fsp3) is 0.156. The molecule has 2 atom stereocenters. The SMILES string of the molecule is C=Cc1ccc([C@H]2[C@@H](c3ccc(C)cc3)CC3=CC=CC(=C)N32)cc1.CS(=O)(=O)c1cccc(C(=O)S)c1. The Bertz CT molecular complexity index is 1530. The van der Waals surface area contributed by atoms with Gasteiger partial charge in [0, 0.05) is 29.1 Å². The molecule has 0 aliphatic carbocycles. The predicted molar refractivity (Wildman–Crippen MR) is 159 cm³/mol. The Hall–Kier alpha value is -3.61. The van der Waals surface area contributed by atoms with Gasteiger partial charge < -0.3 is 4.90 Å². The van der Waals surface area contributed by atoms with Crippen LogP contribution in [0.1, 0.15) is 51.0 Å². The molecule has 194 valence electrons. The smallest absolute Gasteiger partial charge is 0.216 e. The van der Waals surface area contributed by atoms with E-state index in [1.54, 1.807) is 0 Å². The minimum Gasteiger partial charge on any atom is -0.338 e. The minimum absolute atomic E-state index is 0.132. The number of thiol groups is 1. The molecule has 0 N–H and O–H groups in total. The number of fused-ring (bicyclic) bond motifs is 1. The quantitative estimate of drug-likeness (QED) is 0.345. The van der Waals surface area contributed by atoms with Crippen molar-refractivity contribution in [1.82, 2.24) is 4.90 Å². The van der Waals surface area contributed by atoms with Gasteiger partial charge in [-0.15, -0.1) is 12.6 Å². The normalized spacial score (nSPS) is 18.2. The van der Waals surface area contributed by atoms with Gasteiger partial charge in [0.15, 0.2) is 9.84 Å². The van der Waals surface area contributed by atoms with E-state index in [0.29, 0.717) is 5.92 Å². The Kier molecular flexibility index (Phi) is 8.24. The van der Waals surface area contributed by atoms with Crippen LogP contribution in [0.2, 0.25) is 0 Å². The average molecular weight is 542 g/mol. The Morgan fingerprint density at radius 2 is 1.68 bits per heavy atom. The predicted octanol–water partition coefficient (Wildman–Crippen LogP) is 7.30. The lowest BCUT2D eigenvalue weighted by molar-refractivity contribution is 0.109. The lowest BCUT2D eigenvalue weighted by Crippen LogP contribution is -2.23. The second-order valence-electron chi connectivity index (χ2n) is 9.52. The third-order valence-corrected chi connectivity index (χ3v) is 8.18. The highest BCUT2D eigenvalue weighted by Gasteiger charge is 2.40. The molecule has 0 bridgehead atoms. The number of nitrogens with zero attached hydrogens (tertiary/aromatic N) is 1. The number of carbonyl (C=O) groups excluding carboxylic acids is 1. The zero-order valence-corrected chi connectivity index (χ0v) is 23.3. The number of aryl methyl sites for hydroxylation is 1. The van der Waals surface area contributed by atoms with Gasteiger partial charge in [0.2, 0.25) is 5.12 Å². The average Bonchev–Trinajstić information content (AvgIpc) is 3.30. The van der Waals surface area contributed by atoms with Gasteiger partial charge in [0.05, 0.1) is 10.9 Å². The molecule has 0 saturated carbocycles. The molecule has 1 saturated heterocycles. The van der Waals surface area contributed by atoms with E-state index >= 15 is 0 Å². The molecule has 2 aliphatic rings. The van der Waals surface area contributed by atoms with E-state index in [2.05, 4.69) is 104 Å². The largest absolute Gasteiger partial charge is 0.338 e. The van der Waals surface area contributed by atoms with Crippen LogP contribution in [0.4, 0.5) is 0 Å². The lowest BCUT2D eigenvalue weighted by Gasteiger charge is -2.32. The summed E-state index contributed by atoms with van der Waals surface area (Å²) < 4.78 is 22.1. The second-order valence-corrected chi connectivity index (χ2v) is 11.9. The molecule has 3 aromatic rings. The molecule has 2 heterocycles. The molecule has 6 heteroatoms. The van der Waals surface area contributed by atoms with E-state index in [9.17, 15) is 13.2 Å². The van der Waals surface area contributed by atoms with E-state index in [4.69, 9.17) is 0 Å². The van der Waals surface area contributed by atoms with Crippen LogP contribution in [-0.4, -0.2) is 24.7 Å². The molecule has 1 fully saturated rings. The summed E-state index contributed by atoms with van der Waals surface area (Å²) >= 11 is 3.60. The number of sulfone groups is 1. The maximum absolute atomic E-state index is 11.1. The first-order valence-electron chi connectivity index (χ1n) is 12.3. The van der Waals surface area contributed by atoms with Crippen molar-refractivity contribution in [2.75, 3.05) is 6.26 Å². The Labute approximate surface area is 231 Å². The van der Waals surface area contributed by atoms with Crippen molar-refractivity contribution in [2.45, 2.75) is 30.2 Å². The van der Waals surface area contributed by atoms with Gasteiger partial charge in [-0.05, 0) is 54.3 Å². The van der Waals surface area contributed by atoms with Gasteiger partial charge in [-0.2, -0.15) is 0 Å². The van der Waals surface area contributed by atoms with Crippen molar-refractivity contribution in [3.63, 3.8) is 0 Å². The molecular formula is C32H31NO3S2. The van der Waals surface area contributed by atoms with Gasteiger partial charge in [-0.3, -0.25) is 4.79 Å². The van der Waals surface area contributed by atoms with Crippen LogP contribution in [0.15, 0.2) is 120 Å². The fourth-order valence-electron chi connectivity index (χ4n) is 4.84. The minimum atomic E-state index is -3.25. The molecule has 0 amide bonds. The highest BCUT2D eigenvalue weighted by atomic mass is 32.2. The van der Waals surface area contributed by atoms with Crippen LogP contribution < -0.4 is 0 Å². The van der Waals surface area contributed by atoms with Gasteiger partial charge in [-0.25, -0.2) is 8.42 Å². The van der Waals surface area contributed by atoms with Crippen LogP contribution in [-0.2, 0) is 9.84 Å². The van der Waals surface area contributed by atoms with Crippen molar-refractivity contribution in [1.29, 1.82) is 0 Å². The van der Waals surface area contributed by atoms with Crippen molar-refractivity contribution in [3.8, 4) is 0 Å². The van der Waals surface area contributed by atoms with Gasteiger partial charge in [-0.1, -0.05) is 91.5 Å². The summed E-state index contributed by atoms with van der Waals surface area (Å²) in [5.41, 5.74) is 7.90. The third-order valence-electron chi connectivity index (χ3n) is 6.81. The molecule has 38 heavy (non-hydrogen) atoms. The maximum Gasteiger partial charge on any atom is 0.216 e. The van der Waals surface area contributed by atoms with Crippen LogP contribution in [0.3, 0.4) is 0 Å².